The Balaban J connectivity index is 1.66. The number of nitrogens with zero attached hydrogens (tertiary/aromatic N) is 4. The molecular weight excluding hydrogens is 282 g/mol. The Kier molecular flexibility index (Phi) is 3.82. The maximum absolute atomic E-state index is 11.1. The summed E-state index contributed by atoms with van der Waals surface area (Å²) in [6.07, 6.45) is 5.64. The Morgan fingerprint density at radius 1 is 1.32 bits per heavy atom. The fourth-order valence-electron chi connectivity index (χ4n) is 2.55. The predicted octanol–water partition coefficient (Wildman–Crippen LogP) is 0.526. The van der Waals surface area contributed by atoms with Gasteiger partial charge in [-0.05, 0) is 18.6 Å². The van der Waals surface area contributed by atoms with Crippen molar-refractivity contribution in [3.05, 3.63) is 42.4 Å². The molecule has 1 aliphatic heterocycles. The molecule has 7 nitrogen and oxygen atoms in total. The van der Waals surface area contributed by atoms with Crippen molar-refractivity contribution >= 4 is 5.97 Å². The lowest BCUT2D eigenvalue weighted by molar-refractivity contribution is -0.142. The number of aliphatic carboxylic acids is 1. The summed E-state index contributed by atoms with van der Waals surface area (Å²) in [4.78, 5) is 26.0. The average Bonchev–Trinajstić information content (AvgIpc) is 2.92. The summed E-state index contributed by atoms with van der Waals surface area (Å²) in [6.45, 7) is 1.59. The number of nitrogens with two attached hydrogens (primary N) is 1. The van der Waals surface area contributed by atoms with Crippen molar-refractivity contribution in [2.24, 2.45) is 5.73 Å². The minimum atomic E-state index is -1.14. The van der Waals surface area contributed by atoms with Crippen LogP contribution in [0.3, 0.4) is 0 Å². The lowest BCUT2D eigenvalue weighted by atomic mass is 10.0. The van der Waals surface area contributed by atoms with Gasteiger partial charge in [-0.1, -0.05) is 6.07 Å². The van der Waals surface area contributed by atoms with Crippen LogP contribution in [0.5, 0.6) is 0 Å². The normalized spacial score (nSPS) is 21.9. The fraction of sp³-hybridized carbons (Fsp3) is 0.333. The van der Waals surface area contributed by atoms with Gasteiger partial charge in [0.25, 0.3) is 0 Å². The van der Waals surface area contributed by atoms with Crippen molar-refractivity contribution in [1.82, 2.24) is 19.9 Å². The summed E-state index contributed by atoms with van der Waals surface area (Å²) >= 11 is 0. The van der Waals surface area contributed by atoms with Crippen molar-refractivity contribution in [3.8, 4) is 11.5 Å². The van der Waals surface area contributed by atoms with Gasteiger partial charge in [-0.25, -0.2) is 9.97 Å². The third-order valence-electron chi connectivity index (χ3n) is 3.81. The first-order valence-corrected chi connectivity index (χ1v) is 7.04. The first kappa shape index (κ1) is 14.6. The summed E-state index contributed by atoms with van der Waals surface area (Å²) in [5.74, 6) is -0.374. The number of carbonyl (C=O) groups is 1. The van der Waals surface area contributed by atoms with Crippen molar-refractivity contribution in [1.29, 1.82) is 0 Å². The van der Waals surface area contributed by atoms with Gasteiger partial charge in [0.2, 0.25) is 0 Å². The molecule has 1 atom stereocenters. The quantitative estimate of drug-likeness (QED) is 0.848. The Labute approximate surface area is 127 Å². The topological polar surface area (TPSA) is 105 Å². The van der Waals surface area contributed by atoms with E-state index in [1.165, 1.54) is 0 Å². The van der Waals surface area contributed by atoms with E-state index in [-0.39, 0.29) is 0 Å². The van der Waals surface area contributed by atoms with E-state index in [0.29, 0.717) is 31.9 Å². The lowest BCUT2D eigenvalue weighted by Crippen LogP contribution is -2.50. The highest BCUT2D eigenvalue weighted by Crippen LogP contribution is 2.21. The lowest BCUT2D eigenvalue weighted by Gasteiger charge is -2.19. The highest BCUT2D eigenvalue weighted by Gasteiger charge is 2.41. The number of rotatable bonds is 4. The second kappa shape index (κ2) is 5.78. The number of carboxylic acids is 1. The van der Waals surface area contributed by atoms with Gasteiger partial charge in [-0.15, -0.1) is 0 Å². The van der Waals surface area contributed by atoms with Crippen LogP contribution >= 0.6 is 0 Å². The predicted molar refractivity (Wildman–Crippen MR) is 79.7 cm³/mol. The zero-order valence-corrected chi connectivity index (χ0v) is 12.0. The molecule has 2 aromatic rings. The second-order valence-corrected chi connectivity index (χ2v) is 5.55. The smallest absolute Gasteiger partial charge is 0.325 e. The molecule has 3 heterocycles. The van der Waals surface area contributed by atoms with Gasteiger partial charge in [0.1, 0.15) is 11.2 Å². The molecule has 114 valence electrons. The monoisotopic (exact) mass is 299 g/mol. The Bertz CT molecular complexity index is 661. The van der Waals surface area contributed by atoms with Gasteiger partial charge in [-0.3, -0.25) is 14.7 Å². The van der Waals surface area contributed by atoms with E-state index in [2.05, 4.69) is 15.0 Å². The molecule has 2 aromatic heterocycles. The summed E-state index contributed by atoms with van der Waals surface area (Å²) in [5.41, 5.74) is 6.37. The molecular formula is C15H17N5O2. The van der Waals surface area contributed by atoms with Crippen LogP contribution < -0.4 is 5.73 Å². The van der Waals surface area contributed by atoms with Crippen molar-refractivity contribution in [2.75, 3.05) is 13.1 Å². The SMILES string of the molecule is NC1(C(=O)O)CCN(Cc2cnc(-c3ccccn3)nc2)C1. The minimum Gasteiger partial charge on any atom is -0.480 e. The zero-order valence-electron chi connectivity index (χ0n) is 12.0. The zero-order chi connectivity index (χ0) is 15.6. The van der Waals surface area contributed by atoms with Crippen LogP contribution in [-0.2, 0) is 11.3 Å². The number of aromatic nitrogens is 3. The highest BCUT2D eigenvalue weighted by atomic mass is 16.4. The second-order valence-electron chi connectivity index (χ2n) is 5.55. The van der Waals surface area contributed by atoms with Crippen molar-refractivity contribution < 1.29 is 9.90 Å². The molecule has 1 fully saturated rings. The number of likely N-dealkylation sites (tertiary alicyclic amines) is 1. The number of hydrogen-bond donors (Lipinski definition) is 2. The third kappa shape index (κ3) is 2.95. The minimum absolute atomic E-state index is 0.338. The summed E-state index contributed by atoms with van der Waals surface area (Å²) in [5, 5.41) is 9.14. The van der Waals surface area contributed by atoms with Crippen LogP contribution in [0, 0.1) is 0 Å². The molecule has 7 heteroatoms. The molecule has 1 unspecified atom stereocenters. The van der Waals surface area contributed by atoms with Crippen LogP contribution in [0.1, 0.15) is 12.0 Å². The standard InChI is InChI=1S/C15H17N5O2/c16-15(14(21)22)4-6-20(10-15)9-11-7-18-13(19-8-11)12-3-1-2-5-17-12/h1-3,5,7-8H,4,6,9-10,16H2,(H,21,22). The van der Waals surface area contributed by atoms with E-state index in [0.717, 1.165) is 11.3 Å². The van der Waals surface area contributed by atoms with E-state index < -0.39 is 11.5 Å². The number of carboxylic acid groups (broad SMARTS) is 1. The first-order valence-electron chi connectivity index (χ1n) is 7.04. The maximum atomic E-state index is 11.1. The molecule has 3 rings (SSSR count). The van der Waals surface area contributed by atoms with Crippen molar-refractivity contribution in [2.45, 2.75) is 18.5 Å². The Hall–Kier alpha value is -2.38. The van der Waals surface area contributed by atoms with Crippen LogP contribution in [0.25, 0.3) is 11.5 Å². The third-order valence-corrected chi connectivity index (χ3v) is 3.81. The molecule has 0 bridgehead atoms. The molecule has 0 spiro atoms. The number of hydrogen-bond acceptors (Lipinski definition) is 6. The van der Waals surface area contributed by atoms with Gasteiger partial charge in [-0.2, -0.15) is 0 Å². The average molecular weight is 299 g/mol. The first-order chi connectivity index (χ1) is 10.6. The Morgan fingerprint density at radius 3 is 2.68 bits per heavy atom. The molecule has 0 amide bonds. The van der Waals surface area contributed by atoms with Gasteiger partial charge >= 0.3 is 5.97 Å². The highest BCUT2D eigenvalue weighted by molar-refractivity contribution is 5.79. The van der Waals surface area contributed by atoms with Gasteiger partial charge in [0.05, 0.1) is 0 Å². The summed E-state index contributed by atoms with van der Waals surface area (Å²) < 4.78 is 0. The fourth-order valence-corrected chi connectivity index (χ4v) is 2.55. The van der Waals surface area contributed by atoms with E-state index in [1.54, 1.807) is 18.6 Å². The molecule has 1 saturated heterocycles. The molecule has 0 radical (unpaired) electrons. The molecule has 22 heavy (non-hydrogen) atoms. The molecule has 0 saturated carbocycles. The van der Waals surface area contributed by atoms with Crippen molar-refractivity contribution in [3.63, 3.8) is 0 Å². The van der Waals surface area contributed by atoms with Gasteiger partial charge < -0.3 is 10.8 Å². The maximum Gasteiger partial charge on any atom is 0.325 e. The van der Waals surface area contributed by atoms with Crippen LogP contribution in [-0.4, -0.2) is 49.6 Å². The Morgan fingerprint density at radius 2 is 2.09 bits per heavy atom. The molecule has 3 N–H and O–H groups in total. The molecule has 0 aliphatic carbocycles. The van der Waals surface area contributed by atoms with Crippen LogP contribution in [0.15, 0.2) is 36.8 Å². The largest absolute Gasteiger partial charge is 0.480 e. The summed E-state index contributed by atoms with van der Waals surface area (Å²) in [6, 6.07) is 5.58. The van der Waals surface area contributed by atoms with E-state index >= 15 is 0 Å². The summed E-state index contributed by atoms with van der Waals surface area (Å²) in [7, 11) is 0. The van der Waals surface area contributed by atoms with Gasteiger partial charge in [0.15, 0.2) is 5.82 Å². The molecule has 1 aliphatic rings. The van der Waals surface area contributed by atoms with Crippen LogP contribution in [0.4, 0.5) is 0 Å². The number of pyridine rings is 1. The van der Waals surface area contributed by atoms with E-state index in [4.69, 9.17) is 10.8 Å². The van der Waals surface area contributed by atoms with E-state index in [1.807, 2.05) is 23.1 Å². The van der Waals surface area contributed by atoms with E-state index in [9.17, 15) is 4.79 Å². The van der Waals surface area contributed by atoms with Crippen LogP contribution in [0.2, 0.25) is 0 Å². The molecule has 0 aromatic carbocycles. The van der Waals surface area contributed by atoms with Gasteiger partial charge in [0, 0.05) is 43.8 Å².